The van der Waals surface area contributed by atoms with Crippen LogP contribution in [0.4, 0.5) is 0 Å². The molecule has 2 aromatic carbocycles. The van der Waals surface area contributed by atoms with E-state index in [9.17, 15) is 9.59 Å². The second-order valence-corrected chi connectivity index (χ2v) is 8.00. The van der Waals surface area contributed by atoms with Crippen LogP contribution in [0.3, 0.4) is 0 Å². The minimum atomic E-state index is -0.359. The Morgan fingerprint density at radius 3 is 2.21 bits per heavy atom. The molecule has 0 saturated heterocycles. The van der Waals surface area contributed by atoms with Crippen molar-refractivity contribution in [1.82, 2.24) is 10.2 Å². The zero-order chi connectivity index (χ0) is 20.8. The molecule has 1 N–H and O–H groups in total. The summed E-state index contributed by atoms with van der Waals surface area (Å²) in [6.07, 6.45) is 2.32. The van der Waals surface area contributed by atoms with Gasteiger partial charge in [-0.15, -0.1) is 0 Å². The molecule has 3 rings (SSSR count). The van der Waals surface area contributed by atoms with Crippen molar-refractivity contribution in [3.05, 3.63) is 70.8 Å². The Labute approximate surface area is 173 Å². The van der Waals surface area contributed by atoms with Gasteiger partial charge in [0.25, 0.3) is 0 Å². The highest BCUT2D eigenvalue weighted by Gasteiger charge is 2.30. The normalized spacial score (nSPS) is 13.6. The number of rotatable bonds is 9. The highest BCUT2D eigenvalue weighted by molar-refractivity contribution is 5.89. The molecule has 1 saturated carbocycles. The number of methoxy groups -OCH3 is 1. The number of benzene rings is 2. The van der Waals surface area contributed by atoms with Gasteiger partial charge in [0.15, 0.2) is 0 Å². The van der Waals surface area contributed by atoms with Crippen LogP contribution in [0.1, 0.15) is 59.7 Å². The predicted molar refractivity (Wildman–Crippen MR) is 114 cm³/mol. The van der Waals surface area contributed by atoms with Crippen LogP contribution in [-0.2, 0) is 22.6 Å². The van der Waals surface area contributed by atoms with E-state index in [1.54, 1.807) is 12.1 Å². The van der Waals surface area contributed by atoms with E-state index in [1.807, 2.05) is 12.1 Å². The van der Waals surface area contributed by atoms with E-state index in [2.05, 4.69) is 48.3 Å². The number of carbonyl (C=O) groups is 2. The van der Waals surface area contributed by atoms with Crippen LogP contribution in [0, 0.1) is 0 Å². The number of nitrogens with zero attached hydrogens (tertiary/aromatic N) is 1. The van der Waals surface area contributed by atoms with Gasteiger partial charge in [0.05, 0.1) is 19.2 Å². The number of carbonyl (C=O) groups excluding carboxylic acids is 2. The lowest BCUT2D eigenvalue weighted by molar-refractivity contribution is -0.122. The zero-order valence-electron chi connectivity index (χ0n) is 17.5. The molecule has 1 amide bonds. The standard InChI is InChI=1S/C24H30N2O3/c1-17(2)20-8-6-19(7-9-20)15-26(22-12-13-22)16-23(27)25-14-18-4-10-21(11-5-18)24(28)29-3/h4-11,17,22H,12-16H2,1-3H3,(H,25,27). The minimum Gasteiger partial charge on any atom is -0.465 e. The first-order chi connectivity index (χ1) is 14.0. The van der Waals surface area contributed by atoms with E-state index in [-0.39, 0.29) is 11.9 Å². The molecular weight excluding hydrogens is 364 g/mol. The topological polar surface area (TPSA) is 58.6 Å². The molecule has 2 aromatic rings. The van der Waals surface area contributed by atoms with E-state index in [0.29, 0.717) is 30.6 Å². The van der Waals surface area contributed by atoms with Crippen molar-refractivity contribution in [1.29, 1.82) is 0 Å². The van der Waals surface area contributed by atoms with Crippen LogP contribution >= 0.6 is 0 Å². The Morgan fingerprint density at radius 2 is 1.66 bits per heavy atom. The Bertz CT molecular complexity index is 824. The van der Waals surface area contributed by atoms with E-state index in [0.717, 1.165) is 24.9 Å². The third-order valence-corrected chi connectivity index (χ3v) is 5.31. The molecule has 5 nitrogen and oxygen atoms in total. The quantitative estimate of drug-likeness (QED) is 0.656. The number of hydrogen-bond acceptors (Lipinski definition) is 4. The lowest BCUT2D eigenvalue weighted by Gasteiger charge is -2.22. The van der Waals surface area contributed by atoms with Crippen LogP contribution < -0.4 is 5.32 Å². The van der Waals surface area contributed by atoms with E-state index in [4.69, 9.17) is 4.74 Å². The molecule has 0 aromatic heterocycles. The molecule has 0 unspecified atom stereocenters. The first-order valence-corrected chi connectivity index (χ1v) is 10.2. The highest BCUT2D eigenvalue weighted by atomic mass is 16.5. The average Bonchev–Trinajstić information content (AvgIpc) is 3.57. The predicted octanol–water partition coefficient (Wildman–Crippen LogP) is 3.88. The minimum absolute atomic E-state index is 0.0211. The fourth-order valence-electron chi connectivity index (χ4n) is 3.31. The Hall–Kier alpha value is -2.66. The second kappa shape index (κ2) is 9.70. The molecule has 0 bridgehead atoms. The molecule has 5 heteroatoms. The lowest BCUT2D eigenvalue weighted by Crippen LogP contribution is -2.37. The van der Waals surface area contributed by atoms with Gasteiger partial charge in [0.1, 0.15) is 0 Å². The smallest absolute Gasteiger partial charge is 0.337 e. The van der Waals surface area contributed by atoms with Gasteiger partial charge in [-0.05, 0) is 47.6 Å². The molecule has 154 valence electrons. The average molecular weight is 395 g/mol. The van der Waals surface area contributed by atoms with Gasteiger partial charge in [-0.3, -0.25) is 9.69 Å². The molecule has 0 heterocycles. The van der Waals surface area contributed by atoms with E-state index in [1.165, 1.54) is 18.2 Å². The summed E-state index contributed by atoms with van der Waals surface area (Å²) >= 11 is 0. The zero-order valence-corrected chi connectivity index (χ0v) is 17.5. The van der Waals surface area contributed by atoms with Crippen molar-refractivity contribution in [2.45, 2.75) is 51.7 Å². The molecule has 0 atom stereocenters. The number of ether oxygens (including phenoxy) is 1. The lowest BCUT2D eigenvalue weighted by atomic mass is 10.0. The summed E-state index contributed by atoms with van der Waals surface area (Å²) in [5, 5.41) is 2.99. The fourth-order valence-corrected chi connectivity index (χ4v) is 3.31. The summed E-state index contributed by atoms with van der Waals surface area (Å²) in [5.74, 6) is 0.186. The highest BCUT2D eigenvalue weighted by Crippen LogP contribution is 2.28. The number of esters is 1. The molecule has 0 spiro atoms. The van der Waals surface area contributed by atoms with Crippen LogP contribution in [-0.4, -0.2) is 36.5 Å². The molecule has 0 radical (unpaired) electrons. The summed E-state index contributed by atoms with van der Waals surface area (Å²) in [6, 6.07) is 16.3. The molecular formula is C24H30N2O3. The molecule has 0 aliphatic heterocycles. The van der Waals surface area contributed by atoms with E-state index < -0.39 is 0 Å². The molecule has 1 aliphatic rings. The third-order valence-electron chi connectivity index (χ3n) is 5.31. The van der Waals surface area contributed by atoms with Crippen LogP contribution in [0.15, 0.2) is 48.5 Å². The molecule has 29 heavy (non-hydrogen) atoms. The Balaban J connectivity index is 1.51. The van der Waals surface area contributed by atoms with Crippen molar-refractivity contribution in [2.24, 2.45) is 0 Å². The molecule has 1 fully saturated rings. The van der Waals surface area contributed by atoms with Gasteiger partial charge in [0.2, 0.25) is 5.91 Å². The van der Waals surface area contributed by atoms with Crippen molar-refractivity contribution < 1.29 is 14.3 Å². The maximum atomic E-state index is 12.5. The summed E-state index contributed by atoms with van der Waals surface area (Å²) in [7, 11) is 1.36. The van der Waals surface area contributed by atoms with Gasteiger partial charge in [-0.1, -0.05) is 50.2 Å². The van der Waals surface area contributed by atoms with Crippen molar-refractivity contribution >= 4 is 11.9 Å². The van der Waals surface area contributed by atoms with Crippen molar-refractivity contribution in [3.8, 4) is 0 Å². The summed E-state index contributed by atoms with van der Waals surface area (Å²) in [5.41, 5.74) is 4.04. The number of hydrogen-bond donors (Lipinski definition) is 1. The largest absolute Gasteiger partial charge is 0.465 e. The fraction of sp³-hybridized carbons (Fsp3) is 0.417. The van der Waals surface area contributed by atoms with Crippen LogP contribution in [0.25, 0.3) is 0 Å². The van der Waals surface area contributed by atoms with Crippen molar-refractivity contribution in [2.75, 3.05) is 13.7 Å². The number of amides is 1. The van der Waals surface area contributed by atoms with Gasteiger partial charge >= 0.3 is 5.97 Å². The van der Waals surface area contributed by atoms with Gasteiger partial charge in [-0.2, -0.15) is 0 Å². The van der Waals surface area contributed by atoms with Gasteiger partial charge in [-0.25, -0.2) is 4.79 Å². The first kappa shape index (κ1) is 21.1. The maximum Gasteiger partial charge on any atom is 0.337 e. The van der Waals surface area contributed by atoms with Gasteiger partial charge < -0.3 is 10.1 Å². The van der Waals surface area contributed by atoms with Crippen molar-refractivity contribution in [3.63, 3.8) is 0 Å². The first-order valence-electron chi connectivity index (χ1n) is 10.2. The monoisotopic (exact) mass is 394 g/mol. The van der Waals surface area contributed by atoms with Crippen LogP contribution in [0.2, 0.25) is 0 Å². The Morgan fingerprint density at radius 1 is 1.03 bits per heavy atom. The maximum absolute atomic E-state index is 12.5. The summed E-state index contributed by atoms with van der Waals surface area (Å²) in [4.78, 5) is 26.2. The summed E-state index contributed by atoms with van der Waals surface area (Å²) < 4.78 is 4.70. The Kier molecular flexibility index (Phi) is 7.04. The van der Waals surface area contributed by atoms with E-state index >= 15 is 0 Å². The second-order valence-electron chi connectivity index (χ2n) is 8.00. The summed E-state index contributed by atoms with van der Waals surface area (Å²) in [6.45, 7) is 6.03. The molecule has 1 aliphatic carbocycles. The van der Waals surface area contributed by atoms with Crippen LogP contribution in [0.5, 0.6) is 0 Å². The number of nitrogens with one attached hydrogen (secondary N) is 1. The van der Waals surface area contributed by atoms with Gasteiger partial charge in [0, 0.05) is 19.1 Å². The SMILES string of the molecule is COC(=O)c1ccc(CNC(=O)CN(Cc2ccc(C(C)C)cc2)C2CC2)cc1. The third kappa shape index (κ3) is 6.16.